The largest absolute Gasteiger partial charge is 0.484 e. The van der Waals surface area contributed by atoms with E-state index in [0.29, 0.717) is 12.3 Å². The third kappa shape index (κ3) is 4.23. The molecule has 4 aromatic rings. The maximum absolute atomic E-state index is 12.0. The molecule has 2 aromatic carbocycles. The predicted molar refractivity (Wildman–Crippen MR) is 113 cm³/mol. The molecule has 0 spiro atoms. The van der Waals surface area contributed by atoms with Crippen molar-refractivity contribution in [3.8, 4) is 16.3 Å². The molecule has 142 valence electrons. The molecule has 2 heterocycles. The molecular weight excluding hydrogens is 370 g/mol. The van der Waals surface area contributed by atoms with E-state index in [1.165, 1.54) is 10.9 Å². The van der Waals surface area contributed by atoms with Crippen LogP contribution in [0.4, 0.5) is 0 Å². The van der Waals surface area contributed by atoms with Gasteiger partial charge in [-0.05, 0) is 49.2 Å². The van der Waals surface area contributed by atoms with Gasteiger partial charge in [-0.1, -0.05) is 18.2 Å². The van der Waals surface area contributed by atoms with E-state index >= 15 is 0 Å². The zero-order chi connectivity index (χ0) is 19.3. The number of nitrogens with one attached hydrogen (secondary N) is 2. The minimum Gasteiger partial charge on any atom is -0.484 e. The second-order valence-corrected chi connectivity index (χ2v) is 7.42. The molecule has 1 amide bonds. The fraction of sp³-hybridized carbons (Fsp3) is 0.182. The van der Waals surface area contributed by atoms with Crippen LogP contribution in [0.15, 0.2) is 60.1 Å². The van der Waals surface area contributed by atoms with Gasteiger partial charge in [0.05, 0.1) is 0 Å². The van der Waals surface area contributed by atoms with Gasteiger partial charge < -0.3 is 15.0 Å². The lowest BCUT2D eigenvalue weighted by Gasteiger charge is -2.08. The molecule has 2 aromatic heterocycles. The van der Waals surface area contributed by atoms with Crippen molar-refractivity contribution in [3.63, 3.8) is 0 Å². The molecule has 0 atom stereocenters. The molecule has 4 rings (SSSR count). The minimum absolute atomic E-state index is 0.00356. The summed E-state index contributed by atoms with van der Waals surface area (Å²) in [5.74, 6) is 0.545. The molecule has 2 N–H and O–H groups in total. The van der Waals surface area contributed by atoms with Crippen LogP contribution in [0.1, 0.15) is 11.3 Å². The third-order valence-corrected chi connectivity index (χ3v) is 5.49. The van der Waals surface area contributed by atoms with E-state index in [4.69, 9.17) is 4.74 Å². The highest BCUT2D eigenvalue weighted by Crippen LogP contribution is 2.25. The van der Waals surface area contributed by atoms with Gasteiger partial charge in [0.15, 0.2) is 6.61 Å². The van der Waals surface area contributed by atoms with Gasteiger partial charge in [0.2, 0.25) is 0 Å². The number of hydrogen-bond acceptors (Lipinski definition) is 4. The van der Waals surface area contributed by atoms with Crippen molar-refractivity contribution in [1.82, 2.24) is 15.3 Å². The maximum Gasteiger partial charge on any atom is 0.257 e. The Morgan fingerprint density at radius 1 is 1.18 bits per heavy atom. The van der Waals surface area contributed by atoms with E-state index in [0.717, 1.165) is 28.2 Å². The molecule has 0 saturated carbocycles. The molecule has 0 unspecified atom stereocenters. The summed E-state index contributed by atoms with van der Waals surface area (Å²) >= 11 is 1.62. The Morgan fingerprint density at radius 2 is 2.00 bits per heavy atom. The van der Waals surface area contributed by atoms with Gasteiger partial charge in [-0.25, -0.2) is 4.98 Å². The monoisotopic (exact) mass is 391 g/mol. The van der Waals surface area contributed by atoms with Crippen LogP contribution in [-0.2, 0) is 11.2 Å². The molecule has 5 nitrogen and oxygen atoms in total. The number of aryl methyl sites for hydroxylation is 1. The normalized spacial score (nSPS) is 10.9. The second kappa shape index (κ2) is 8.27. The summed E-state index contributed by atoms with van der Waals surface area (Å²) in [5, 5.41) is 7.12. The molecule has 0 saturated heterocycles. The standard InChI is InChI=1S/C22H21N3O2S/c1-15-14-28-22(25-15)16-6-8-18(9-7-16)27-13-21(26)23-11-10-17-12-24-20-5-3-2-4-19(17)20/h2-9,12,14,24H,10-11,13H2,1H3,(H,23,26). The van der Waals surface area contributed by atoms with Crippen molar-refractivity contribution in [1.29, 1.82) is 0 Å². The minimum atomic E-state index is -0.125. The van der Waals surface area contributed by atoms with E-state index in [2.05, 4.69) is 21.4 Å². The maximum atomic E-state index is 12.0. The van der Waals surface area contributed by atoms with Crippen LogP contribution in [0.25, 0.3) is 21.5 Å². The number of para-hydroxylation sites is 1. The van der Waals surface area contributed by atoms with Crippen molar-refractivity contribution in [3.05, 3.63) is 71.4 Å². The summed E-state index contributed by atoms with van der Waals surface area (Å²) in [7, 11) is 0. The van der Waals surface area contributed by atoms with E-state index < -0.39 is 0 Å². The van der Waals surface area contributed by atoms with Crippen molar-refractivity contribution < 1.29 is 9.53 Å². The highest BCUT2D eigenvalue weighted by Gasteiger charge is 2.07. The van der Waals surface area contributed by atoms with E-state index in [9.17, 15) is 4.79 Å². The summed E-state index contributed by atoms with van der Waals surface area (Å²) in [4.78, 5) is 19.8. The van der Waals surface area contributed by atoms with Crippen LogP contribution in [0.5, 0.6) is 5.75 Å². The van der Waals surface area contributed by atoms with Gasteiger partial charge >= 0.3 is 0 Å². The quantitative estimate of drug-likeness (QED) is 0.493. The number of thiazole rings is 1. The molecule has 0 aliphatic carbocycles. The molecule has 0 radical (unpaired) electrons. The fourth-order valence-corrected chi connectivity index (χ4v) is 3.86. The molecular formula is C22H21N3O2S. The molecule has 0 fully saturated rings. The summed E-state index contributed by atoms with van der Waals surface area (Å²) in [6, 6.07) is 15.8. The Hall–Kier alpha value is -3.12. The Kier molecular flexibility index (Phi) is 5.39. The number of hydrogen-bond donors (Lipinski definition) is 2. The highest BCUT2D eigenvalue weighted by atomic mass is 32.1. The van der Waals surface area contributed by atoms with Crippen molar-refractivity contribution >= 4 is 28.1 Å². The number of nitrogens with zero attached hydrogens (tertiary/aromatic N) is 1. The predicted octanol–water partition coefficient (Wildman–Crippen LogP) is 4.34. The average molecular weight is 391 g/mol. The smallest absolute Gasteiger partial charge is 0.257 e. The van der Waals surface area contributed by atoms with E-state index in [-0.39, 0.29) is 12.5 Å². The first-order valence-corrected chi connectivity index (χ1v) is 10.0. The molecule has 0 aliphatic rings. The van der Waals surface area contributed by atoms with Crippen LogP contribution in [0.3, 0.4) is 0 Å². The molecule has 6 heteroatoms. The zero-order valence-electron chi connectivity index (χ0n) is 15.6. The summed E-state index contributed by atoms with van der Waals surface area (Å²) < 4.78 is 5.59. The van der Waals surface area contributed by atoms with Gasteiger partial charge in [-0.3, -0.25) is 4.79 Å². The summed E-state index contributed by atoms with van der Waals surface area (Å²) in [6.45, 7) is 2.56. The Bertz CT molecular complexity index is 1080. The Balaban J connectivity index is 1.24. The summed E-state index contributed by atoms with van der Waals surface area (Å²) in [5.41, 5.74) is 4.38. The number of benzene rings is 2. The van der Waals surface area contributed by atoms with Crippen molar-refractivity contribution in [2.45, 2.75) is 13.3 Å². The number of aromatic nitrogens is 2. The lowest BCUT2D eigenvalue weighted by atomic mass is 10.1. The Labute approximate surface area is 167 Å². The van der Waals surface area contributed by atoms with Crippen LogP contribution >= 0.6 is 11.3 Å². The molecule has 28 heavy (non-hydrogen) atoms. The lowest BCUT2D eigenvalue weighted by Crippen LogP contribution is -2.30. The van der Waals surface area contributed by atoms with Crippen molar-refractivity contribution in [2.75, 3.05) is 13.2 Å². The van der Waals surface area contributed by atoms with Crippen LogP contribution in [0.2, 0.25) is 0 Å². The number of ether oxygens (including phenoxy) is 1. The SMILES string of the molecule is Cc1csc(-c2ccc(OCC(=O)NCCc3c[nH]c4ccccc34)cc2)n1. The van der Waals surface area contributed by atoms with Gasteiger partial charge in [-0.15, -0.1) is 11.3 Å². The molecule has 0 bridgehead atoms. The number of carbonyl (C=O) groups is 1. The first kappa shape index (κ1) is 18.3. The number of carbonyl (C=O) groups excluding carboxylic acids is 1. The van der Waals surface area contributed by atoms with Crippen LogP contribution < -0.4 is 10.1 Å². The van der Waals surface area contributed by atoms with Gasteiger partial charge in [0.25, 0.3) is 5.91 Å². The second-order valence-electron chi connectivity index (χ2n) is 6.57. The lowest BCUT2D eigenvalue weighted by molar-refractivity contribution is -0.123. The van der Waals surface area contributed by atoms with Gasteiger partial charge in [0, 0.05) is 40.3 Å². The number of aromatic amines is 1. The fourth-order valence-electron chi connectivity index (χ4n) is 3.06. The highest BCUT2D eigenvalue weighted by molar-refractivity contribution is 7.13. The van der Waals surface area contributed by atoms with E-state index in [1.54, 1.807) is 11.3 Å². The molecule has 0 aliphatic heterocycles. The topological polar surface area (TPSA) is 67.0 Å². The van der Waals surface area contributed by atoms with Crippen LogP contribution in [0, 0.1) is 6.92 Å². The first-order valence-electron chi connectivity index (χ1n) is 9.16. The number of fused-ring (bicyclic) bond motifs is 1. The van der Waals surface area contributed by atoms with Gasteiger partial charge in [0.1, 0.15) is 10.8 Å². The number of amides is 1. The number of H-pyrrole nitrogens is 1. The average Bonchev–Trinajstić information content (AvgIpc) is 3.33. The third-order valence-electron chi connectivity index (χ3n) is 4.48. The van der Waals surface area contributed by atoms with Crippen LogP contribution in [-0.4, -0.2) is 29.0 Å². The summed E-state index contributed by atoms with van der Waals surface area (Å²) in [6.07, 6.45) is 2.77. The van der Waals surface area contributed by atoms with Gasteiger partial charge in [-0.2, -0.15) is 0 Å². The number of rotatable bonds is 7. The van der Waals surface area contributed by atoms with E-state index in [1.807, 2.05) is 61.0 Å². The Morgan fingerprint density at radius 3 is 2.79 bits per heavy atom. The zero-order valence-corrected chi connectivity index (χ0v) is 16.4. The van der Waals surface area contributed by atoms with Crippen molar-refractivity contribution in [2.24, 2.45) is 0 Å². The first-order chi connectivity index (χ1) is 13.7.